The molecule has 244 valence electrons. The number of allylic oxidation sites excluding steroid dienone is 1. The second-order valence-corrected chi connectivity index (χ2v) is 14.3. The Bertz CT molecular complexity index is 1510. The van der Waals surface area contributed by atoms with Crippen molar-refractivity contribution in [1.29, 1.82) is 0 Å². The largest absolute Gasteiger partial charge is 0.472 e. The summed E-state index contributed by atoms with van der Waals surface area (Å²) >= 11 is 0. The van der Waals surface area contributed by atoms with E-state index in [1.807, 2.05) is 27.7 Å². The van der Waals surface area contributed by atoms with E-state index in [1.165, 1.54) is 32.6 Å². The van der Waals surface area contributed by atoms with E-state index in [4.69, 9.17) is 28.1 Å². The maximum Gasteiger partial charge on any atom is 0.333 e. The van der Waals surface area contributed by atoms with Gasteiger partial charge in [0.1, 0.15) is 23.9 Å². The summed E-state index contributed by atoms with van der Waals surface area (Å²) in [5, 5.41) is 13.0. The number of hydrogen-bond acceptors (Lipinski definition) is 11. The van der Waals surface area contributed by atoms with Gasteiger partial charge in [0.2, 0.25) is 0 Å². The van der Waals surface area contributed by atoms with Crippen LogP contribution in [-0.2, 0) is 42.9 Å². The molecule has 11 nitrogen and oxygen atoms in total. The number of furan rings is 1. The molecule has 6 rings (SSSR count). The summed E-state index contributed by atoms with van der Waals surface area (Å²) in [5.41, 5.74) is -2.85. The Kier molecular flexibility index (Phi) is 7.03. The highest BCUT2D eigenvalue weighted by atomic mass is 16.7. The number of carbonyl (C=O) groups excluding carboxylic acids is 4. The maximum atomic E-state index is 13.4. The Morgan fingerprint density at radius 2 is 1.82 bits per heavy atom. The molecule has 10 atom stereocenters. The van der Waals surface area contributed by atoms with Gasteiger partial charge in [0, 0.05) is 52.7 Å². The molecule has 2 aliphatic carbocycles. The normalized spacial score (nSPS) is 42.6. The van der Waals surface area contributed by atoms with Crippen LogP contribution in [0.5, 0.6) is 0 Å². The van der Waals surface area contributed by atoms with Gasteiger partial charge < -0.3 is 33.2 Å². The van der Waals surface area contributed by atoms with Gasteiger partial charge in [-0.3, -0.25) is 9.59 Å². The lowest BCUT2D eigenvalue weighted by Crippen LogP contribution is -2.76. The van der Waals surface area contributed by atoms with E-state index >= 15 is 0 Å². The Hall–Kier alpha value is -3.44. The topological polar surface area (TPSA) is 148 Å². The van der Waals surface area contributed by atoms with Crippen molar-refractivity contribution in [1.82, 2.24) is 0 Å². The molecule has 4 fully saturated rings. The summed E-state index contributed by atoms with van der Waals surface area (Å²) in [6, 6.07) is 1.74. The number of fused-ring (bicyclic) bond motifs is 2. The minimum Gasteiger partial charge on any atom is -0.472 e. The fourth-order valence-corrected chi connectivity index (χ4v) is 9.94. The van der Waals surface area contributed by atoms with Crippen LogP contribution in [0.15, 0.2) is 46.3 Å². The first-order valence-electron chi connectivity index (χ1n) is 15.5. The quantitative estimate of drug-likeness (QED) is 0.273. The first kappa shape index (κ1) is 31.5. The summed E-state index contributed by atoms with van der Waals surface area (Å²) in [5.74, 6) is -6.52. The molecule has 0 radical (unpaired) electrons. The lowest BCUT2D eigenvalue weighted by atomic mass is 9.37. The summed E-state index contributed by atoms with van der Waals surface area (Å²) in [6.45, 7) is 12.3. The second-order valence-electron chi connectivity index (χ2n) is 14.3. The van der Waals surface area contributed by atoms with Gasteiger partial charge in [-0.25, -0.2) is 9.59 Å². The number of aliphatic hydroxyl groups is 1. The Morgan fingerprint density at radius 3 is 2.42 bits per heavy atom. The van der Waals surface area contributed by atoms with Crippen LogP contribution in [0.3, 0.4) is 0 Å². The van der Waals surface area contributed by atoms with Crippen LogP contribution < -0.4 is 0 Å². The van der Waals surface area contributed by atoms with E-state index in [1.54, 1.807) is 26.0 Å². The van der Waals surface area contributed by atoms with E-state index in [-0.39, 0.29) is 6.42 Å². The standard InChI is InChI=1S/C34H42O11/c1-9-17(2)29(38)44-27-25-28(42-18(3)35)33-20(32(7,34(25,39)45-33)21(30(27,4)5)14-23(36)40-8)10-12-31(6)22(33)15-24(37)43-26(31)19-11-13-41-16-19/h9,11,13,15-16,20-21,25-28,39H,10,12,14H2,1-8H3/b17-9+/t20-,21+,25-,26+,27-,28-,31-,32-,33-,34+/m0/s1. The molecule has 1 aromatic heterocycles. The van der Waals surface area contributed by atoms with Crippen molar-refractivity contribution in [2.75, 3.05) is 7.11 Å². The molecule has 1 spiro atoms. The van der Waals surface area contributed by atoms with Crippen LogP contribution in [0.2, 0.25) is 0 Å². The minimum absolute atomic E-state index is 0.0874. The summed E-state index contributed by atoms with van der Waals surface area (Å²) < 4.78 is 35.7. The van der Waals surface area contributed by atoms with Crippen molar-refractivity contribution in [3.63, 3.8) is 0 Å². The van der Waals surface area contributed by atoms with Gasteiger partial charge in [-0.05, 0) is 44.2 Å². The molecule has 2 bridgehead atoms. The van der Waals surface area contributed by atoms with Crippen LogP contribution in [-0.4, -0.2) is 59.7 Å². The molecule has 0 aromatic carbocycles. The highest BCUT2D eigenvalue weighted by molar-refractivity contribution is 5.88. The number of rotatable bonds is 6. The molecule has 1 N–H and O–H groups in total. The molecule has 45 heavy (non-hydrogen) atoms. The van der Waals surface area contributed by atoms with Crippen molar-refractivity contribution in [2.45, 2.75) is 97.4 Å². The van der Waals surface area contributed by atoms with Crippen molar-refractivity contribution < 1.29 is 52.4 Å². The molecule has 3 aliphatic heterocycles. The Labute approximate surface area is 262 Å². The van der Waals surface area contributed by atoms with E-state index in [9.17, 15) is 24.3 Å². The van der Waals surface area contributed by atoms with E-state index < -0.39 is 87.6 Å². The van der Waals surface area contributed by atoms with Crippen LogP contribution in [0.1, 0.15) is 79.4 Å². The molecule has 11 heteroatoms. The highest BCUT2D eigenvalue weighted by Crippen LogP contribution is 2.81. The lowest BCUT2D eigenvalue weighted by Gasteiger charge is -2.66. The van der Waals surface area contributed by atoms with Gasteiger partial charge >= 0.3 is 23.9 Å². The van der Waals surface area contributed by atoms with Crippen molar-refractivity contribution in [3.8, 4) is 0 Å². The van der Waals surface area contributed by atoms with Crippen LogP contribution in [0, 0.1) is 34.0 Å². The molecule has 2 saturated heterocycles. The molecular weight excluding hydrogens is 584 g/mol. The maximum absolute atomic E-state index is 13.4. The van der Waals surface area contributed by atoms with E-state index in [0.717, 1.165) is 0 Å². The molecule has 1 aromatic rings. The average molecular weight is 627 g/mol. The predicted octanol–water partition coefficient (Wildman–Crippen LogP) is 4.34. The number of ether oxygens (including phenoxy) is 5. The third kappa shape index (κ3) is 3.89. The van der Waals surface area contributed by atoms with Gasteiger partial charge in [0.15, 0.2) is 5.79 Å². The first-order chi connectivity index (χ1) is 21.0. The monoisotopic (exact) mass is 626 g/mol. The zero-order valence-corrected chi connectivity index (χ0v) is 27.0. The van der Waals surface area contributed by atoms with Crippen LogP contribution in [0.25, 0.3) is 0 Å². The third-order valence-corrected chi connectivity index (χ3v) is 12.0. The van der Waals surface area contributed by atoms with E-state index in [2.05, 4.69) is 0 Å². The zero-order chi connectivity index (χ0) is 32.9. The third-order valence-electron chi connectivity index (χ3n) is 12.0. The molecular formula is C34H42O11. The molecule has 5 aliphatic rings. The van der Waals surface area contributed by atoms with Crippen molar-refractivity contribution in [3.05, 3.63) is 47.5 Å². The van der Waals surface area contributed by atoms with Crippen molar-refractivity contribution in [2.24, 2.45) is 34.0 Å². The van der Waals surface area contributed by atoms with Crippen LogP contribution in [0.4, 0.5) is 0 Å². The Morgan fingerprint density at radius 1 is 1.11 bits per heavy atom. The lowest BCUT2D eigenvalue weighted by molar-refractivity contribution is -0.325. The molecule has 0 unspecified atom stereocenters. The predicted molar refractivity (Wildman–Crippen MR) is 156 cm³/mol. The van der Waals surface area contributed by atoms with Gasteiger partial charge in [0.25, 0.3) is 0 Å². The molecule has 0 amide bonds. The number of cyclic esters (lactones) is 1. The smallest absolute Gasteiger partial charge is 0.333 e. The van der Waals surface area contributed by atoms with Gasteiger partial charge in [-0.2, -0.15) is 0 Å². The zero-order valence-electron chi connectivity index (χ0n) is 27.0. The number of methoxy groups -OCH3 is 1. The number of esters is 4. The first-order valence-corrected chi connectivity index (χ1v) is 15.5. The van der Waals surface area contributed by atoms with Gasteiger partial charge in [0.05, 0.1) is 25.6 Å². The van der Waals surface area contributed by atoms with E-state index in [0.29, 0.717) is 29.6 Å². The number of hydrogen-bond donors (Lipinski definition) is 1. The Balaban J connectivity index is 1.62. The highest BCUT2D eigenvalue weighted by Gasteiger charge is 2.90. The number of carbonyl (C=O) groups is 4. The SMILES string of the molecule is C/C=C(\C)C(=O)O[C@H]1[C@H]2[C@H](OC(C)=O)[C@]34O[C@@]2(O)[C@](C)([C@H](CC(=O)OC)C1(C)C)[C@@H]3CC[C@@]1(C)C4=CC(=O)O[C@@H]1c1ccoc1. The molecule has 4 heterocycles. The minimum atomic E-state index is -2.03. The van der Waals surface area contributed by atoms with Gasteiger partial charge in [-0.15, -0.1) is 0 Å². The van der Waals surface area contributed by atoms with Crippen molar-refractivity contribution >= 4 is 23.9 Å². The van der Waals surface area contributed by atoms with Gasteiger partial charge in [-0.1, -0.05) is 33.8 Å². The molecule has 2 saturated carbocycles. The average Bonchev–Trinajstić information content (AvgIpc) is 3.64. The van der Waals surface area contributed by atoms with Crippen LogP contribution >= 0.6 is 0 Å². The second kappa shape index (κ2) is 10.0. The summed E-state index contributed by atoms with van der Waals surface area (Å²) in [4.78, 5) is 52.6. The fraction of sp³-hybridized carbons (Fsp3) is 0.647. The fourth-order valence-electron chi connectivity index (χ4n) is 9.94. The summed E-state index contributed by atoms with van der Waals surface area (Å²) in [6.07, 6.45) is 4.06. The summed E-state index contributed by atoms with van der Waals surface area (Å²) in [7, 11) is 1.31.